The first-order valence-corrected chi connectivity index (χ1v) is 7.02. The summed E-state index contributed by atoms with van der Waals surface area (Å²) < 4.78 is 5.65. The van der Waals surface area contributed by atoms with Gasteiger partial charge in [-0.1, -0.05) is 18.7 Å². The van der Waals surface area contributed by atoms with Gasteiger partial charge in [-0.15, -0.1) is 0 Å². The number of nitrogens with two attached hydrogens (primary N) is 1. The molecule has 5 nitrogen and oxygen atoms in total. The van der Waals surface area contributed by atoms with E-state index in [1.807, 2.05) is 26.0 Å². The first kappa shape index (κ1) is 13.9. The van der Waals surface area contributed by atoms with E-state index in [0.29, 0.717) is 5.16 Å². The van der Waals surface area contributed by atoms with Crippen LogP contribution in [0.25, 0.3) is 0 Å². The maximum Gasteiger partial charge on any atom is 0.251 e. The molecule has 0 aromatic carbocycles. The second kappa shape index (κ2) is 6.08. The molecule has 0 bridgehead atoms. The summed E-state index contributed by atoms with van der Waals surface area (Å²) in [5, 5.41) is 0.486. The number of rotatable bonds is 5. The van der Waals surface area contributed by atoms with E-state index in [2.05, 4.69) is 9.97 Å². The van der Waals surface area contributed by atoms with Crippen LogP contribution in [0.2, 0.25) is 0 Å². The summed E-state index contributed by atoms with van der Waals surface area (Å²) >= 11 is 1.42. The normalized spacial score (nSPS) is 14.3. The van der Waals surface area contributed by atoms with E-state index in [1.165, 1.54) is 24.0 Å². The highest BCUT2D eigenvalue weighted by atomic mass is 32.2. The molecule has 2 heterocycles. The molecule has 0 aliphatic carbocycles. The first-order valence-electron chi connectivity index (χ1n) is 6.14. The maximum absolute atomic E-state index is 11.3. The molecule has 0 spiro atoms. The summed E-state index contributed by atoms with van der Waals surface area (Å²) in [5.41, 5.74) is 5.97. The van der Waals surface area contributed by atoms with E-state index in [0.717, 1.165) is 17.9 Å². The minimum absolute atomic E-state index is 0.0655. The van der Waals surface area contributed by atoms with Gasteiger partial charge in [0.05, 0.1) is 5.25 Å². The third-order valence-electron chi connectivity index (χ3n) is 2.79. The van der Waals surface area contributed by atoms with E-state index in [-0.39, 0.29) is 16.9 Å². The highest BCUT2D eigenvalue weighted by molar-refractivity contribution is 7.99. The number of hydrogen-bond acceptors (Lipinski definition) is 5. The highest BCUT2D eigenvalue weighted by Crippen LogP contribution is 2.36. The molecule has 6 heteroatoms. The molecule has 0 aliphatic rings. The number of aromatic amines is 1. The van der Waals surface area contributed by atoms with Gasteiger partial charge < -0.3 is 15.1 Å². The average molecular weight is 279 g/mol. The van der Waals surface area contributed by atoms with Crippen molar-refractivity contribution < 1.29 is 4.42 Å². The number of H-pyrrole nitrogens is 1. The van der Waals surface area contributed by atoms with Gasteiger partial charge in [-0.2, -0.15) is 0 Å². The topological polar surface area (TPSA) is 84.9 Å². The second-order valence-electron chi connectivity index (χ2n) is 4.30. The molecular weight excluding hydrogens is 262 g/mol. The van der Waals surface area contributed by atoms with Crippen molar-refractivity contribution >= 4 is 11.8 Å². The SMILES string of the molecule is CCC(N)C(Sc1nccc(=O)[nH]1)c1ccc(C)o1. The van der Waals surface area contributed by atoms with Crippen molar-refractivity contribution in [3.8, 4) is 0 Å². The number of furan rings is 1. The Morgan fingerprint density at radius 3 is 2.84 bits per heavy atom. The van der Waals surface area contributed by atoms with E-state index in [9.17, 15) is 4.79 Å². The number of thioether (sulfide) groups is 1. The van der Waals surface area contributed by atoms with Gasteiger partial charge in [0.1, 0.15) is 11.5 Å². The number of aromatic nitrogens is 2. The minimum Gasteiger partial charge on any atom is -0.465 e. The van der Waals surface area contributed by atoms with E-state index >= 15 is 0 Å². The van der Waals surface area contributed by atoms with Gasteiger partial charge in [-0.25, -0.2) is 4.98 Å². The summed E-state index contributed by atoms with van der Waals surface area (Å²) in [4.78, 5) is 18.1. The van der Waals surface area contributed by atoms with Crippen LogP contribution in [-0.2, 0) is 0 Å². The third-order valence-corrected chi connectivity index (χ3v) is 4.05. The van der Waals surface area contributed by atoms with Crippen molar-refractivity contribution in [3.63, 3.8) is 0 Å². The van der Waals surface area contributed by atoms with Crippen molar-refractivity contribution in [2.24, 2.45) is 5.73 Å². The monoisotopic (exact) mass is 279 g/mol. The molecule has 0 aliphatic heterocycles. The Kier molecular flexibility index (Phi) is 4.44. The molecule has 0 radical (unpaired) electrons. The zero-order valence-corrected chi connectivity index (χ0v) is 11.7. The van der Waals surface area contributed by atoms with Gasteiger partial charge in [0, 0.05) is 18.3 Å². The zero-order chi connectivity index (χ0) is 13.8. The molecule has 19 heavy (non-hydrogen) atoms. The van der Waals surface area contributed by atoms with Gasteiger partial charge in [0.2, 0.25) is 0 Å². The third kappa shape index (κ3) is 3.48. The van der Waals surface area contributed by atoms with Crippen molar-refractivity contribution in [3.05, 3.63) is 46.3 Å². The van der Waals surface area contributed by atoms with Crippen LogP contribution in [0.3, 0.4) is 0 Å². The smallest absolute Gasteiger partial charge is 0.251 e. The predicted molar refractivity (Wildman–Crippen MR) is 75.2 cm³/mol. The Labute approximate surface area is 115 Å². The number of nitrogens with zero attached hydrogens (tertiary/aromatic N) is 1. The Balaban J connectivity index is 2.26. The number of hydrogen-bond donors (Lipinski definition) is 2. The van der Waals surface area contributed by atoms with Gasteiger partial charge in [-0.3, -0.25) is 4.79 Å². The van der Waals surface area contributed by atoms with E-state index in [1.54, 1.807) is 0 Å². The van der Waals surface area contributed by atoms with Crippen LogP contribution in [0.15, 0.2) is 38.8 Å². The van der Waals surface area contributed by atoms with Crippen molar-refractivity contribution in [1.29, 1.82) is 0 Å². The molecule has 0 amide bonds. The molecule has 2 rings (SSSR count). The van der Waals surface area contributed by atoms with Crippen LogP contribution < -0.4 is 11.3 Å². The van der Waals surface area contributed by atoms with Gasteiger partial charge in [0.15, 0.2) is 5.16 Å². The fraction of sp³-hybridized carbons (Fsp3) is 0.385. The summed E-state index contributed by atoms with van der Waals surface area (Å²) in [6, 6.07) is 5.15. The van der Waals surface area contributed by atoms with E-state index in [4.69, 9.17) is 10.2 Å². The zero-order valence-electron chi connectivity index (χ0n) is 10.9. The summed E-state index contributed by atoms with van der Waals surface area (Å²) in [6.45, 7) is 3.92. The molecule has 2 unspecified atom stereocenters. The highest BCUT2D eigenvalue weighted by Gasteiger charge is 2.24. The summed E-state index contributed by atoms with van der Waals surface area (Å²) in [7, 11) is 0. The van der Waals surface area contributed by atoms with Gasteiger partial charge >= 0.3 is 0 Å². The average Bonchev–Trinajstić information content (AvgIpc) is 2.81. The molecule has 102 valence electrons. The lowest BCUT2D eigenvalue weighted by atomic mass is 10.1. The fourth-order valence-corrected chi connectivity index (χ4v) is 2.84. The second-order valence-corrected chi connectivity index (χ2v) is 5.43. The quantitative estimate of drug-likeness (QED) is 0.647. The van der Waals surface area contributed by atoms with Crippen molar-refractivity contribution in [2.45, 2.75) is 36.7 Å². The minimum atomic E-state index is -0.169. The Bertz CT molecular complexity index is 593. The Morgan fingerprint density at radius 1 is 1.47 bits per heavy atom. The maximum atomic E-state index is 11.3. The standard InChI is InChI=1S/C13H17N3O2S/c1-3-9(14)12(10-5-4-8(2)18-10)19-13-15-7-6-11(17)16-13/h4-7,9,12H,3,14H2,1-2H3,(H,15,16,17). The summed E-state index contributed by atoms with van der Waals surface area (Å²) in [6.07, 6.45) is 2.30. The molecule has 2 aromatic heterocycles. The van der Waals surface area contributed by atoms with Gasteiger partial charge in [-0.05, 0) is 25.5 Å². The fourth-order valence-electron chi connectivity index (χ4n) is 1.71. The lowest BCUT2D eigenvalue weighted by Crippen LogP contribution is -2.25. The lowest BCUT2D eigenvalue weighted by molar-refractivity contribution is 0.454. The van der Waals surface area contributed by atoms with Crippen molar-refractivity contribution in [2.75, 3.05) is 0 Å². The molecule has 0 saturated heterocycles. The molecule has 2 atom stereocenters. The van der Waals surface area contributed by atoms with E-state index < -0.39 is 0 Å². The van der Waals surface area contributed by atoms with Crippen LogP contribution in [0.4, 0.5) is 0 Å². The largest absolute Gasteiger partial charge is 0.465 e. The molecule has 2 aromatic rings. The van der Waals surface area contributed by atoms with Gasteiger partial charge in [0.25, 0.3) is 5.56 Å². The number of aryl methyl sites for hydroxylation is 1. The molecular formula is C13H17N3O2S. The first-order chi connectivity index (χ1) is 9.10. The molecule has 3 N–H and O–H groups in total. The van der Waals surface area contributed by atoms with Crippen LogP contribution in [0.1, 0.15) is 30.1 Å². The molecule has 0 saturated carbocycles. The lowest BCUT2D eigenvalue weighted by Gasteiger charge is -2.19. The Hall–Kier alpha value is -1.53. The number of nitrogens with one attached hydrogen (secondary N) is 1. The molecule has 0 fully saturated rings. The van der Waals surface area contributed by atoms with Crippen LogP contribution >= 0.6 is 11.8 Å². The Morgan fingerprint density at radius 2 is 2.26 bits per heavy atom. The van der Waals surface area contributed by atoms with Crippen LogP contribution in [0.5, 0.6) is 0 Å². The van der Waals surface area contributed by atoms with Crippen LogP contribution in [-0.4, -0.2) is 16.0 Å². The summed E-state index contributed by atoms with van der Waals surface area (Å²) in [5.74, 6) is 1.65. The van der Waals surface area contributed by atoms with Crippen molar-refractivity contribution in [1.82, 2.24) is 9.97 Å². The predicted octanol–water partition coefficient (Wildman–Crippen LogP) is 2.24. The van der Waals surface area contributed by atoms with Crippen LogP contribution in [0, 0.1) is 6.92 Å².